The Morgan fingerprint density at radius 3 is 2.61 bits per heavy atom. The molecule has 6 heteroatoms. The van der Waals surface area contributed by atoms with Gasteiger partial charge in [0.25, 0.3) is 0 Å². The van der Waals surface area contributed by atoms with Crippen LogP contribution in [0.5, 0.6) is 0 Å². The Labute approximate surface area is 134 Å². The highest BCUT2D eigenvalue weighted by Crippen LogP contribution is 2.07. The number of rotatable bonds is 6. The van der Waals surface area contributed by atoms with Gasteiger partial charge in [0.1, 0.15) is 0 Å². The first kappa shape index (κ1) is 17.9. The first-order chi connectivity index (χ1) is 11.0. The van der Waals surface area contributed by atoms with Crippen molar-refractivity contribution in [1.82, 2.24) is 0 Å². The van der Waals surface area contributed by atoms with Gasteiger partial charge in [-0.15, -0.1) is 0 Å². The third-order valence-corrected chi connectivity index (χ3v) is 2.76. The van der Waals surface area contributed by atoms with Gasteiger partial charge in [0.15, 0.2) is 5.84 Å². The molecule has 0 fully saturated rings. The molecule has 6 nitrogen and oxygen atoms in total. The van der Waals surface area contributed by atoms with E-state index < -0.39 is 11.9 Å². The highest BCUT2D eigenvalue weighted by molar-refractivity contribution is 6.00. The molecule has 0 aliphatic carbocycles. The second kappa shape index (κ2) is 8.99. The third-order valence-electron chi connectivity index (χ3n) is 2.76. The normalized spacial score (nSPS) is 12.1. The van der Waals surface area contributed by atoms with Crippen molar-refractivity contribution in [2.24, 2.45) is 10.9 Å². The Morgan fingerprint density at radius 2 is 2.00 bits per heavy atom. The molecule has 0 aliphatic heterocycles. The summed E-state index contributed by atoms with van der Waals surface area (Å²) in [7, 11) is 1.28. The summed E-state index contributed by atoms with van der Waals surface area (Å²) in [5.74, 6) is -1.19. The van der Waals surface area contributed by atoms with Crippen molar-refractivity contribution in [3.8, 4) is 0 Å². The molecule has 1 aromatic carbocycles. The zero-order chi connectivity index (χ0) is 17.2. The molecule has 0 bridgehead atoms. The summed E-state index contributed by atoms with van der Waals surface area (Å²) >= 11 is 0. The van der Waals surface area contributed by atoms with E-state index in [2.05, 4.69) is 16.5 Å². The summed E-state index contributed by atoms with van der Waals surface area (Å²) in [6.07, 6.45) is 6.25. The first-order valence-electron chi connectivity index (χ1n) is 6.72. The average molecular weight is 314 g/mol. The molecule has 120 valence electrons. The fourth-order valence-electron chi connectivity index (χ4n) is 1.57. The van der Waals surface area contributed by atoms with Crippen LogP contribution in [0.3, 0.4) is 0 Å². The number of methoxy groups -OCH3 is 1. The van der Waals surface area contributed by atoms with Crippen molar-refractivity contribution in [1.29, 1.82) is 0 Å². The van der Waals surface area contributed by atoms with Crippen LogP contribution in [-0.2, 0) is 14.4 Å². The molecule has 1 rings (SSSR count). The molecule has 0 unspecified atom stereocenters. The van der Waals surface area contributed by atoms with E-state index in [1.165, 1.54) is 19.3 Å². The van der Waals surface area contributed by atoms with Gasteiger partial charge in [-0.2, -0.15) is 0 Å². The van der Waals surface area contributed by atoms with E-state index in [9.17, 15) is 9.59 Å². The van der Waals surface area contributed by atoms with Crippen LogP contribution < -0.4 is 5.73 Å². The van der Waals surface area contributed by atoms with Crippen molar-refractivity contribution < 1.29 is 19.2 Å². The largest absolute Gasteiger partial charge is 0.465 e. The smallest absolute Gasteiger partial charge is 0.365 e. The molecular formula is C17H18N2O4. The van der Waals surface area contributed by atoms with E-state index in [4.69, 9.17) is 10.6 Å². The Hall–Kier alpha value is -3.15. The summed E-state index contributed by atoms with van der Waals surface area (Å²) in [4.78, 5) is 28.1. The molecule has 0 radical (unpaired) electrons. The highest BCUT2D eigenvalue weighted by Gasteiger charge is 2.10. The van der Waals surface area contributed by atoms with Gasteiger partial charge in [0, 0.05) is 5.56 Å². The minimum absolute atomic E-state index is 0.0349. The Morgan fingerprint density at radius 1 is 1.30 bits per heavy atom. The van der Waals surface area contributed by atoms with Crippen molar-refractivity contribution in [2.75, 3.05) is 7.11 Å². The van der Waals surface area contributed by atoms with Crippen molar-refractivity contribution >= 4 is 17.8 Å². The summed E-state index contributed by atoms with van der Waals surface area (Å²) < 4.78 is 4.62. The Balaban J connectivity index is 2.89. The highest BCUT2D eigenvalue weighted by atomic mass is 16.7. The van der Waals surface area contributed by atoms with Crippen LogP contribution in [-0.4, -0.2) is 24.9 Å². The number of carbonyl (C=O) groups excluding carboxylic acids is 2. The second-order valence-electron chi connectivity index (χ2n) is 4.27. The monoisotopic (exact) mass is 314 g/mol. The van der Waals surface area contributed by atoms with Gasteiger partial charge in [-0.1, -0.05) is 42.1 Å². The average Bonchev–Trinajstić information content (AvgIpc) is 2.59. The van der Waals surface area contributed by atoms with Crippen LogP contribution in [0.25, 0.3) is 0 Å². The molecular weight excluding hydrogens is 296 g/mol. The quantitative estimate of drug-likeness (QED) is 0.165. The number of ether oxygens (including phenoxy) is 1. The Kier molecular flexibility index (Phi) is 7.00. The molecule has 23 heavy (non-hydrogen) atoms. The summed E-state index contributed by atoms with van der Waals surface area (Å²) in [5.41, 5.74) is 6.82. The lowest BCUT2D eigenvalue weighted by molar-refractivity contribution is -0.138. The van der Waals surface area contributed by atoms with Gasteiger partial charge < -0.3 is 15.3 Å². The maximum absolute atomic E-state index is 11.8. The van der Waals surface area contributed by atoms with E-state index in [0.717, 1.165) is 0 Å². The van der Waals surface area contributed by atoms with E-state index in [-0.39, 0.29) is 5.84 Å². The zero-order valence-corrected chi connectivity index (χ0v) is 13.0. The fourth-order valence-corrected chi connectivity index (χ4v) is 1.57. The van der Waals surface area contributed by atoms with Crippen molar-refractivity contribution in [2.45, 2.75) is 6.92 Å². The lowest BCUT2D eigenvalue weighted by atomic mass is 10.1. The molecule has 1 aromatic rings. The SMILES string of the molecule is C=C/C=C\C(=C/C)C(=O)O/N=C(\N)c1cccc(C(=O)OC)c1. The van der Waals surface area contributed by atoms with Crippen LogP contribution in [0.15, 0.2) is 65.9 Å². The maximum Gasteiger partial charge on any atom is 0.365 e. The molecule has 0 heterocycles. The molecule has 2 N–H and O–H groups in total. The molecule has 0 aliphatic rings. The number of benzene rings is 1. The van der Waals surface area contributed by atoms with E-state index in [0.29, 0.717) is 16.7 Å². The molecule has 0 amide bonds. The van der Waals surface area contributed by atoms with Crippen molar-refractivity contribution in [3.63, 3.8) is 0 Å². The number of esters is 1. The summed E-state index contributed by atoms with van der Waals surface area (Å²) in [5, 5.41) is 3.59. The second-order valence-corrected chi connectivity index (χ2v) is 4.27. The number of hydrogen-bond donors (Lipinski definition) is 1. The molecule has 0 aromatic heterocycles. The van der Waals surface area contributed by atoms with E-state index >= 15 is 0 Å². The van der Waals surface area contributed by atoms with Crippen LogP contribution in [0.2, 0.25) is 0 Å². The lowest BCUT2D eigenvalue weighted by Gasteiger charge is -2.04. The van der Waals surface area contributed by atoms with E-state index in [1.54, 1.807) is 43.4 Å². The lowest BCUT2D eigenvalue weighted by Crippen LogP contribution is -2.16. The predicted molar refractivity (Wildman–Crippen MR) is 87.7 cm³/mol. The number of oxime groups is 1. The standard InChI is InChI=1S/C17H18N2O4/c1-4-6-8-12(5-2)17(21)23-19-15(18)13-9-7-10-14(11-13)16(20)22-3/h4-11H,1H2,2-3H3,(H2,18,19)/b8-6-,12-5+. The summed E-state index contributed by atoms with van der Waals surface area (Å²) in [6.45, 7) is 5.21. The third kappa shape index (κ3) is 5.28. The fraction of sp³-hybridized carbons (Fsp3) is 0.118. The number of hydrogen-bond acceptors (Lipinski definition) is 5. The Bertz CT molecular complexity index is 688. The van der Waals surface area contributed by atoms with Gasteiger partial charge in [0.05, 0.1) is 18.2 Å². The molecule has 0 saturated carbocycles. The van der Waals surface area contributed by atoms with Crippen LogP contribution in [0.1, 0.15) is 22.8 Å². The zero-order valence-electron chi connectivity index (χ0n) is 13.0. The van der Waals surface area contributed by atoms with Crippen LogP contribution in [0, 0.1) is 0 Å². The number of carbonyl (C=O) groups is 2. The van der Waals surface area contributed by atoms with Crippen LogP contribution >= 0.6 is 0 Å². The van der Waals surface area contributed by atoms with Gasteiger partial charge in [-0.25, -0.2) is 9.59 Å². The first-order valence-corrected chi connectivity index (χ1v) is 6.72. The molecule has 0 atom stereocenters. The number of amidine groups is 1. The topological polar surface area (TPSA) is 91.0 Å². The maximum atomic E-state index is 11.8. The van der Waals surface area contributed by atoms with Gasteiger partial charge in [-0.3, -0.25) is 0 Å². The minimum atomic E-state index is -0.655. The van der Waals surface area contributed by atoms with Crippen LogP contribution in [0.4, 0.5) is 0 Å². The summed E-state index contributed by atoms with van der Waals surface area (Å²) in [6, 6.07) is 6.32. The number of nitrogens with zero attached hydrogens (tertiary/aromatic N) is 1. The van der Waals surface area contributed by atoms with Crippen molar-refractivity contribution in [3.05, 3.63) is 71.8 Å². The predicted octanol–water partition coefficient (Wildman–Crippen LogP) is 2.33. The molecule has 0 saturated heterocycles. The minimum Gasteiger partial charge on any atom is -0.465 e. The van der Waals surface area contributed by atoms with Gasteiger partial charge >= 0.3 is 11.9 Å². The van der Waals surface area contributed by atoms with E-state index in [1.807, 2.05) is 0 Å². The van der Waals surface area contributed by atoms with Gasteiger partial charge in [-0.05, 0) is 25.1 Å². The van der Waals surface area contributed by atoms with Gasteiger partial charge in [0.2, 0.25) is 0 Å². The number of allylic oxidation sites excluding steroid dienone is 3. The number of nitrogens with two attached hydrogens (primary N) is 1. The molecule has 0 spiro atoms.